The van der Waals surface area contributed by atoms with Gasteiger partial charge < -0.3 is 4.74 Å². The lowest BCUT2D eigenvalue weighted by Crippen LogP contribution is -2.11. The van der Waals surface area contributed by atoms with E-state index in [9.17, 15) is 14.4 Å². The third-order valence-corrected chi connectivity index (χ3v) is 3.42. The van der Waals surface area contributed by atoms with E-state index in [4.69, 9.17) is 4.74 Å². The van der Waals surface area contributed by atoms with Crippen molar-refractivity contribution in [1.82, 2.24) is 0 Å². The van der Waals surface area contributed by atoms with Crippen LogP contribution in [0, 0.1) is 0 Å². The minimum Gasteiger partial charge on any atom is -0.426 e. The summed E-state index contributed by atoms with van der Waals surface area (Å²) < 4.78 is 5.08. The molecule has 0 amide bonds. The van der Waals surface area contributed by atoms with Crippen LogP contribution in [0.5, 0.6) is 0 Å². The smallest absolute Gasteiger partial charge is 0.308 e. The Labute approximate surface area is 128 Å². The molecule has 4 heteroatoms. The number of carbonyl (C=O) groups excluding carboxylic acids is 3. The molecular formula is C18H16O4. The van der Waals surface area contributed by atoms with Gasteiger partial charge in [-0.2, -0.15) is 0 Å². The third kappa shape index (κ3) is 3.11. The Morgan fingerprint density at radius 3 is 2.05 bits per heavy atom. The van der Waals surface area contributed by atoms with Gasteiger partial charge in [-0.3, -0.25) is 14.4 Å². The number of hydrogen-bond donors (Lipinski definition) is 0. The maximum absolute atomic E-state index is 12.2. The first-order chi connectivity index (χ1) is 10.4. The predicted octanol–water partition coefficient (Wildman–Crippen LogP) is 3.01. The summed E-state index contributed by atoms with van der Waals surface area (Å²) in [5.74, 6) is -1.38. The van der Waals surface area contributed by atoms with Crippen LogP contribution in [0.4, 0.5) is 0 Å². The van der Waals surface area contributed by atoms with Crippen LogP contribution in [0.25, 0.3) is 6.08 Å². The van der Waals surface area contributed by atoms with Crippen LogP contribution in [0.3, 0.4) is 0 Å². The van der Waals surface area contributed by atoms with E-state index in [-0.39, 0.29) is 11.3 Å². The van der Waals surface area contributed by atoms with Gasteiger partial charge in [0.25, 0.3) is 0 Å². The summed E-state index contributed by atoms with van der Waals surface area (Å²) in [6.07, 6.45) is 3.17. The molecule has 0 saturated carbocycles. The molecule has 0 fully saturated rings. The maximum Gasteiger partial charge on any atom is 0.308 e. The summed E-state index contributed by atoms with van der Waals surface area (Å²) in [7, 11) is 0. The van der Waals surface area contributed by atoms with E-state index in [1.165, 1.54) is 13.0 Å². The lowest BCUT2D eigenvalue weighted by Gasteiger charge is -2.05. The number of esters is 1. The number of allylic oxidation sites excluding steroid dienone is 4. The van der Waals surface area contributed by atoms with Gasteiger partial charge in [-0.1, -0.05) is 36.4 Å². The molecule has 112 valence electrons. The van der Waals surface area contributed by atoms with E-state index >= 15 is 0 Å². The largest absolute Gasteiger partial charge is 0.426 e. The topological polar surface area (TPSA) is 60.4 Å². The molecule has 0 spiro atoms. The Kier molecular flexibility index (Phi) is 4.51. The summed E-state index contributed by atoms with van der Waals surface area (Å²) >= 11 is 0. The van der Waals surface area contributed by atoms with Crippen LogP contribution in [0.1, 0.15) is 26.3 Å². The zero-order valence-electron chi connectivity index (χ0n) is 12.7. The Bertz CT molecular complexity index is 708. The van der Waals surface area contributed by atoms with Gasteiger partial charge in [0.15, 0.2) is 11.6 Å². The van der Waals surface area contributed by atoms with Crippen molar-refractivity contribution < 1.29 is 19.1 Å². The van der Waals surface area contributed by atoms with Crippen molar-refractivity contribution in [3.05, 3.63) is 64.4 Å². The highest BCUT2D eigenvalue weighted by Gasteiger charge is 2.34. The fourth-order valence-corrected chi connectivity index (χ4v) is 2.10. The molecule has 0 heterocycles. The SMILES string of the molecule is CC(=O)OC(/C=C/c1ccccc1)=C1C(=O)C(C)=C(C)C1=O. The van der Waals surface area contributed by atoms with Gasteiger partial charge in [-0.15, -0.1) is 0 Å². The quantitative estimate of drug-likeness (QED) is 0.372. The molecule has 2 rings (SSSR count). The average Bonchev–Trinajstić information content (AvgIpc) is 2.68. The van der Waals surface area contributed by atoms with Gasteiger partial charge in [0, 0.05) is 18.1 Å². The first kappa shape index (κ1) is 15.6. The van der Waals surface area contributed by atoms with Crippen molar-refractivity contribution in [3.8, 4) is 0 Å². The zero-order chi connectivity index (χ0) is 16.3. The second-order valence-corrected chi connectivity index (χ2v) is 4.99. The van der Waals surface area contributed by atoms with Gasteiger partial charge in [0.1, 0.15) is 11.3 Å². The van der Waals surface area contributed by atoms with Gasteiger partial charge >= 0.3 is 5.97 Å². The molecule has 1 aliphatic rings. The molecule has 0 bridgehead atoms. The van der Waals surface area contributed by atoms with Crippen molar-refractivity contribution in [2.24, 2.45) is 0 Å². The van der Waals surface area contributed by atoms with Gasteiger partial charge in [0.2, 0.25) is 0 Å². The molecule has 0 N–H and O–H groups in total. The molecule has 1 aliphatic carbocycles. The maximum atomic E-state index is 12.2. The van der Waals surface area contributed by atoms with Crippen LogP contribution < -0.4 is 0 Å². The minimum atomic E-state index is -0.581. The lowest BCUT2D eigenvalue weighted by atomic mass is 10.1. The fraction of sp³-hybridized carbons (Fsp3) is 0.167. The molecule has 0 unspecified atom stereocenters. The third-order valence-electron chi connectivity index (χ3n) is 3.42. The molecule has 1 aromatic carbocycles. The molecule has 1 aromatic rings. The van der Waals surface area contributed by atoms with E-state index in [1.54, 1.807) is 19.9 Å². The summed E-state index contributed by atoms with van der Waals surface area (Å²) in [5, 5.41) is 0. The zero-order valence-corrected chi connectivity index (χ0v) is 12.7. The number of ketones is 2. The standard InChI is InChI=1S/C18H16O4/c1-11-12(2)18(21)16(17(11)20)15(22-13(3)19)10-9-14-7-5-4-6-8-14/h4-10H,1-3H3/b10-9+. The molecular weight excluding hydrogens is 280 g/mol. The van der Waals surface area contributed by atoms with Crippen LogP contribution in [-0.4, -0.2) is 17.5 Å². The Morgan fingerprint density at radius 2 is 1.55 bits per heavy atom. The van der Waals surface area contributed by atoms with Gasteiger partial charge in [-0.05, 0) is 25.5 Å². The first-order valence-corrected chi connectivity index (χ1v) is 6.84. The van der Waals surface area contributed by atoms with Crippen molar-refractivity contribution >= 4 is 23.6 Å². The highest BCUT2D eigenvalue weighted by atomic mass is 16.5. The molecule has 22 heavy (non-hydrogen) atoms. The average molecular weight is 296 g/mol. The van der Waals surface area contributed by atoms with Crippen molar-refractivity contribution in [1.29, 1.82) is 0 Å². The highest BCUT2D eigenvalue weighted by Crippen LogP contribution is 2.27. The molecule has 0 aliphatic heterocycles. The number of rotatable bonds is 3. The minimum absolute atomic E-state index is 0.0115. The number of benzene rings is 1. The Balaban J connectivity index is 2.46. The number of ether oxygens (including phenoxy) is 1. The van der Waals surface area contributed by atoms with Crippen molar-refractivity contribution in [2.75, 3.05) is 0 Å². The molecule has 0 atom stereocenters. The van der Waals surface area contributed by atoms with Crippen LogP contribution >= 0.6 is 0 Å². The van der Waals surface area contributed by atoms with E-state index in [2.05, 4.69) is 0 Å². The molecule has 0 aromatic heterocycles. The highest BCUT2D eigenvalue weighted by molar-refractivity contribution is 6.38. The second-order valence-electron chi connectivity index (χ2n) is 4.99. The van der Waals surface area contributed by atoms with Crippen LogP contribution in [0.2, 0.25) is 0 Å². The summed E-state index contributed by atoms with van der Waals surface area (Å²) in [5.41, 5.74) is 1.56. The Hall–Kier alpha value is -2.75. The van der Waals surface area contributed by atoms with Crippen LogP contribution in [0.15, 0.2) is 58.9 Å². The van der Waals surface area contributed by atoms with E-state index in [1.807, 2.05) is 30.3 Å². The second kappa shape index (κ2) is 6.35. The Morgan fingerprint density at radius 1 is 1.00 bits per heavy atom. The van der Waals surface area contributed by atoms with Crippen molar-refractivity contribution in [3.63, 3.8) is 0 Å². The monoisotopic (exact) mass is 296 g/mol. The van der Waals surface area contributed by atoms with E-state index in [0.717, 1.165) is 5.56 Å². The number of Topliss-reactive ketones (excluding diaryl/α,β-unsaturated/α-hetero) is 2. The summed E-state index contributed by atoms with van der Waals surface area (Å²) in [6.45, 7) is 4.41. The van der Waals surface area contributed by atoms with Gasteiger partial charge in [-0.25, -0.2) is 0 Å². The van der Waals surface area contributed by atoms with E-state index < -0.39 is 17.5 Å². The lowest BCUT2D eigenvalue weighted by molar-refractivity contribution is -0.136. The normalized spacial score (nSPS) is 15.0. The molecule has 0 saturated heterocycles. The van der Waals surface area contributed by atoms with E-state index in [0.29, 0.717) is 11.1 Å². The predicted molar refractivity (Wildman–Crippen MR) is 82.7 cm³/mol. The molecule has 4 nitrogen and oxygen atoms in total. The number of hydrogen-bond acceptors (Lipinski definition) is 4. The summed E-state index contributed by atoms with van der Waals surface area (Å²) in [4.78, 5) is 35.7. The summed E-state index contributed by atoms with van der Waals surface area (Å²) in [6, 6.07) is 9.32. The first-order valence-electron chi connectivity index (χ1n) is 6.84. The van der Waals surface area contributed by atoms with Gasteiger partial charge in [0.05, 0.1) is 0 Å². The van der Waals surface area contributed by atoms with Crippen LogP contribution in [-0.2, 0) is 19.1 Å². The van der Waals surface area contributed by atoms with Crippen molar-refractivity contribution in [2.45, 2.75) is 20.8 Å². The number of carbonyl (C=O) groups is 3. The fourth-order valence-electron chi connectivity index (χ4n) is 2.10. The molecule has 0 radical (unpaired) electrons.